The summed E-state index contributed by atoms with van der Waals surface area (Å²) in [5, 5.41) is 0. The molecule has 0 aromatic heterocycles. The van der Waals surface area contributed by atoms with Crippen molar-refractivity contribution < 1.29 is 14.3 Å². The van der Waals surface area contributed by atoms with E-state index in [0.717, 1.165) is 47.1 Å². The summed E-state index contributed by atoms with van der Waals surface area (Å²) in [5.74, 6) is 0.859. The van der Waals surface area contributed by atoms with E-state index in [2.05, 4.69) is 6.92 Å². The molecule has 104 valence electrons. The van der Waals surface area contributed by atoms with E-state index in [1.165, 1.54) is 0 Å². The summed E-state index contributed by atoms with van der Waals surface area (Å²) in [6.07, 6.45) is 3.79. The van der Waals surface area contributed by atoms with E-state index in [0.29, 0.717) is 18.8 Å². The first-order valence-corrected chi connectivity index (χ1v) is 6.88. The molecule has 0 saturated carbocycles. The molecule has 2 atom stereocenters. The molecule has 0 bridgehead atoms. The predicted octanol–water partition coefficient (Wildman–Crippen LogP) is 3.37. The van der Waals surface area contributed by atoms with Crippen LogP contribution in [0.4, 0.5) is 0 Å². The third-order valence-electron chi connectivity index (χ3n) is 3.79. The van der Waals surface area contributed by atoms with Crippen LogP contribution >= 0.6 is 0 Å². The number of carbonyl (C=O) groups excluding carboxylic acids is 1. The van der Waals surface area contributed by atoms with Gasteiger partial charge >= 0.3 is 0 Å². The summed E-state index contributed by atoms with van der Waals surface area (Å²) in [5.41, 5.74) is 3.80. The minimum absolute atomic E-state index is 0.421. The summed E-state index contributed by atoms with van der Waals surface area (Å²) >= 11 is 0. The number of benzene rings is 1. The van der Waals surface area contributed by atoms with Crippen LogP contribution in [0.5, 0.6) is 5.75 Å². The zero-order valence-electron chi connectivity index (χ0n) is 12.2. The van der Waals surface area contributed by atoms with Crippen molar-refractivity contribution in [1.82, 2.24) is 0 Å². The average molecular weight is 262 g/mol. The summed E-state index contributed by atoms with van der Waals surface area (Å²) < 4.78 is 11.2. The fraction of sp³-hybridized carbons (Fsp3) is 0.562. The van der Waals surface area contributed by atoms with E-state index in [1.54, 1.807) is 0 Å². The van der Waals surface area contributed by atoms with Gasteiger partial charge in [0.05, 0.1) is 18.8 Å². The molecule has 0 aliphatic carbocycles. The molecule has 0 N–H and O–H groups in total. The normalized spacial score (nSPS) is 21.3. The zero-order valence-corrected chi connectivity index (χ0v) is 12.2. The largest absolute Gasteiger partial charge is 0.493 e. The number of rotatable bonds is 6. The first kappa shape index (κ1) is 14.1. The van der Waals surface area contributed by atoms with E-state index in [9.17, 15) is 4.79 Å². The molecule has 3 nitrogen and oxygen atoms in total. The standard InChI is InChI=1S/C16H22O3/c1-10-8-11(2)16(12(3)14(10)9-17)18-7-5-6-15-13(4)19-15/h8-9,13,15H,5-7H2,1-4H3. The third kappa shape index (κ3) is 3.16. The molecule has 2 unspecified atom stereocenters. The molecule has 1 heterocycles. The SMILES string of the molecule is Cc1cc(C)c(OCCCC2OC2C)c(C)c1C=O. The van der Waals surface area contributed by atoms with Gasteiger partial charge in [0.1, 0.15) is 5.75 Å². The van der Waals surface area contributed by atoms with Gasteiger partial charge in [0.2, 0.25) is 0 Å². The van der Waals surface area contributed by atoms with Crippen LogP contribution in [0.15, 0.2) is 6.07 Å². The molecule has 3 heteroatoms. The quantitative estimate of drug-likeness (QED) is 0.448. The maximum absolute atomic E-state index is 11.1. The highest BCUT2D eigenvalue weighted by Gasteiger charge is 2.33. The molecule has 1 fully saturated rings. The van der Waals surface area contributed by atoms with Gasteiger partial charge in [-0.15, -0.1) is 0 Å². The van der Waals surface area contributed by atoms with Crippen molar-refractivity contribution >= 4 is 6.29 Å². The Morgan fingerprint density at radius 3 is 2.58 bits per heavy atom. The van der Waals surface area contributed by atoms with Gasteiger partial charge < -0.3 is 9.47 Å². The Morgan fingerprint density at radius 2 is 2.00 bits per heavy atom. The zero-order chi connectivity index (χ0) is 14.0. The fourth-order valence-electron chi connectivity index (χ4n) is 2.58. The second-order valence-corrected chi connectivity index (χ2v) is 5.37. The molecule has 0 radical (unpaired) electrons. The molecular weight excluding hydrogens is 240 g/mol. The summed E-state index contributed by atoms with van der Waals surface area (Å²) in [6.45, 7) is 8.70. The van der Waals surface area contributed by atoms with Gasteiger partial charge in [0, 0.05) is 11.1 Å². The van der Waals surface area contributed by atoms with Crippen LogP contribution in [-0.2, 0) is 4.74 Å². The number of epoxide rings is 1. The minimum atomic E-state index is 0.421. The number of ether oxygens (including phenoxy) is 2. The van der Waals surface area contributed by atoms with E-state index in [-0.39, 0.29) is 0 Å². The minimum Gasteiger partial charge on any atom is -0.493 e. The molecular formula is C16H22O3. The van der Waals surface area contributed by atoms with E-state index in [1.807, 2.05) is 26.8 Å². The van der Waals surface area contributed by atoms with Crippen LogP contribution in [0.1, 0.15) is 46.8 Å². The van der Waals surface area contributed by atoms with Crippen molar-refractivity contribution in [3.8, 4) is 5.75 Å². The molecule has 19 heavy (non-hydrogen) atoms. The van der Waals surface area contributed by atoms with E-state index < -0.39 is 0 Å². The van der Waals surface area contributed by atoms with Crippen LogP contribution in [-0.4, -0.2) is 25.1 Å². The molecule has 1 saturated heterocycles. The van der Waals surface area contributed by atoms with Gasteiger partial charge in [-0.25, -0.2) is 0 Å². The second-order valence-electron chi connectivity index (χ2n) is 5.37. The number of aryl methyl sites for hydroxylation is 2. The average Bonchev–Trinajstić information content (AvgIpc) is 3.04. The summed E-state index contributed by atoms with van der Waals surface area (Å²) in [6, 6.07) is 2.01. The number of hydrogen-bond acceptors (Lipinski definition) is 3. The Kier molecular flexibility index (Phi) is 4.25. The van der Waals surface area contributed by atoms with Crippen molar-refractivity contribution in [2.75, 3.05) is 6.61 Å². The number of aldehydes is 1. The van der Waals surface area contributed by atoms with Gasteiger partial charge in [0.25, 0.3) is 0 Å². The van der Waals surface area contributed by atoms with Crippen LogP contribution in [0, 0.1) is 20.8 Å². The van der Waals surface area contributed by atoms with Crippen LogP contribution in [0.2, 0.25) is 0 Å². The molecule has 1 aromatic carbocycles. The Bertz CT molecular complexity index is 479. The van der Waals surface area contributed by atoms with Crippen molar-refractivity contribution in [3.63, 3.8) is 0 Å². The molecule has 2 rings (SSSR count). The van der Waals surface area contributed by atoms with Crippen LogP contribution in [0.25, 0.3) is 0 Å². The molecule has 0 amide bonds. The van der Waals surface area contributed by atoms with E-state index in [4.69, 9.17) is 9.47 Å². The fourth-order valence-corrected chi connectivity index (χ4v) is 2.58. The van der Waals surface area contributed by atoms with Crippen molar-refractivity contribution in [2.45, 2.75) is 52.7 Å². The predicted molar refractivity (Wildman–Crippen MR) is 75.1 cm³/mol. The lowest BCUT2D eigenvalue weighted by Gasteiger charge is -2.15. The highest BCUT2D eigenvalue weighted by molar-refractivity contribution is 5.81. The van der Waals surface area contributed by atoms with Crippen molar-refractivity contribution in [3.05, 3.63) is 28.3 Å². The Labute approximate surface area is 114 Å². The lowest BCUT2D eigenvalue weighted by molar-refractivity contribution is 0.112. The van der Waals surface area contributed by atoms with Gasteiger partial charge in [0.15, 0.2) is 6.29 Å². The molecule has 0 spiro atoms. The molecule has 1 aliphatic rings. The lowest BCUT2D eigenvalue weighted by Crippen LogP contribution is -2.05. The Hall–Kier alpha value is -1.35. The maximum atomic E-state index is 11.1. The summed E-state index contributed by atoms with van der Waals surface area (Å²) in [4.78, 5) is 11.1. The maximum Gasteiger partial charge on any atom is 0.150 e. The Balaban J connectivity index is 1.97. The lowest BCUT2D eigenvalue weighted by atomic mass is 9.99. The van der Waals surface area contributed by atoms with Crippen molar-refractivity contribution in [1.29, 1.82) is 0 Å². The molecule has 1 aromatic rings. The first-order chi connectivity index (χ1) is 9.04. The van der Waals surface area contributed by atoms with E-state index >= 15 is 0 Å². The highest BCUT2D eigenvalue weighted by atomic mass is 16.6. The second kappa shape index (κ2) is 5.74. The highest BCUT2D eigenvalue weighted by Crippen LogP contribution is 2.29. The monoisotopic (exact) mass is 262 g/mol. The van der Waals surface area contributed by atoms with Gasteiger partial charge in [-0.2, -0.15) is 0 Å². The van der Waals surface area contributed by atoms with Gasteiger partial charge in [-0.1, -0.05) is 6.07 Å². The summed E-state index contributed by atoms with van der Waals surface area (Å²) in [7, 11) is 0. The van der Waals surface area contributed by atoms with Crippen LogP contribution < -0.4 is 4.74 Å². The third-order valence-corrected chi connectivity index (χ3v) is 3.79. The van der Waals surface area contributed by atoms with Crippen molar-refractivity contribution in [2.24, 2.45) is 0 Å². The number of hydrogen-bond donors (Lipinski definition) is 0. The smallest absolute Gasteiger partial charge is 0.150 e. The first-order valence-electron chi connectivity index (χ1n) is 6.88. The topological polar surface area (TPSA) is 38.8 Å². The Morgan fingerprint density at radius 1 is 1.32 bits per heavy atom. The van der Waals surface area contributed by atoms with Gasteiger partial charge in [-0.05, 0) is 51.7 Å². The van der Waals surface area contributed by atoms with Crippen LogP contribution in [0.3, 0.4) is 0 Å². The molecule has 1 aliphatic heterocycles. The van der Waals surface area contributed by atoms with Gasteiger partial charge in [-0.3, -0.25) is 4.79 Å². The number of carbonyl (C=O) groups is 1.